The lowest BCUT2D eigenvalue weighted by Gasteiger charge is -2.06. The predicted molar refractivity (Wildman–Crippen MR) is 44.6 cm³/mol. The monoisotopic (exact) mass is 184 g/mol. The molecule has 0 aliphatic rings. The standard InChI is InChI=1S/C9H9FO3/c1-5-3-8(13-2)6(9(11)12)4-7(5)10/h3-4H,1-2H3,(H,11,12). The van der Waals surface area contributed by atoms with Crippen LogP contribution in [-0.2, 0) is 0 Å². The second-order valence-electron chi connectivity index (χ2n) is 2.61. The lowest BCUT2D eigenvalue weighted by atomic mass is 10.1. The van der Waals surface area contributed by atoms with Crippen LogP contribution in [0.1, 0.15) is 15.9 Å². The Bertz CT molecular complexity index is 347. The van der Waals surface area contributed by atoms with Gasteiger partial charge in [0.25, 0.3) is 0 Å². The van der Waals surface area contributed by atoms with Crippen LogP contribution in [0.2, 0.25) is 0 Å². The number of ether oxygens (including phenoxy) is 1. The van der Waals surface area contributed by atoms with Crippen molar-refractivity contribution in [1.29, 1.82) is 0 Å². The van der Waals surface area contributed by atoms with Crippen LogP contribution in [0.5, 0.6) is 5.75 Å². The molecule has 0 amide bonds. The molecule has 0 unspecified atom stereocenters. The van der Waals surface area contributed by atoms with Crippen molar-refractivity contribution in [3.05, 3.63) is 29.1 Å². The number of carboxylic acids is 1. The van der Waals surface area contributed by atoms with Crippen LogP contribution in [0.4, 0.5) is 4.39 Å². The molecule has 0 aromatic heterocycles. The minimum atomic E-state index is -1.20. The fourth-order valence-electron chi connectivity index (χ4n) is 0.991. The topological polar surface area (TPSA) is 46.5 Å². The molecule has 0 heterocycles. The maximum absolute atomic E-state index is 12.9. The number of carboxylic acid groups (broad SMARTS) is 1. The highest BCUT2D eigenvalue weighted by molar-refractivity contribution is 5.91. The van der Waals surface area contributed by atoms with Crippen LogP contribution in [0.15, 0.2) is 12.1 Å². The molecule has 0 aliphatic carbocycles. The van der Waals surface area contributed by atoms with E-state index in [1.165, 1.54) is 13.2 Å². The molecule has 1 aromatic carbocycles. The number of hydrogen-bond acceptors (Lipinski definition) is 2. The van der Waals surface area contributed by atoms with E-state index in [0.717, 1.165) is 6.07 Å². The quantitative estimate of drug-likeness (QED) is 0.762. The number of aromatic carboxylic acids is 1. The Kier molecular flexibility index (Phi) is 2.51. The molecule has 0 aliphatic heterocycles. The van der Waals surface area contributed by atoms with Crippen molar-refractivity contribution in [2.75, 3.05) is 7.11 Å². The summed E-state index contributed by atoms with van der Waals surface area (Å²) in [4.78, 5) is 10.6. The van der Waals surface area contributed by atoms with Gasteiger partial charge in [-0.25, -0.2) is 9.18 Å². The summed E-state index contributed by atoms with van der Waals surface area (Å²) in [7, 11) is 1.35. The van der Waals surface area contributed by atoms with Gasteiger partial charge >= 0.3 is 5.97 Å². The van der Waals surface area contributed by atoms with Crippen molar-refractivity contribution in [3.63, 3.8) is 0 Å². The summed E-state index contributed by atoms with van der Waals surface area (Å²) < 4.78 is 17.7. The lowest BCUT2D eigenvalue weighted by molar-refractivity contribution is 0.0692. The van der Waals surface area contributed by atoms with Gasteiger partial charge in [0.15, 0.2) is 0 Å². The SMILES string of the molecule is COc1cc(C)c(F)cc1C(=O)O. The Morgan fingerprint density at radius 1 is 1.54 bits per heavy atom. The number of rotatable bonds is 2. The van der Waals surface area contributed by atoms with E-state index >= 15 is 0 Å². The first-order valence-electron chi connectivity index (χ1n) is 3.63. The fraction of sp³-hybridized carbons (Fsp3) is 0.222. The van der Waals surface area contributed by atoms with E-state index < -0.39 is 11.8 Å². The van der Waals surface area contributed by atoms with Gasteiger partial charge in [-0.1, -0.05) is 0 Å². The normalized spacial score (nSPS) is 9.77. The molecule has 1 N–H and O–H groups in total. The van der Waals surface area contributed by atoms with Crippen LogP contribution in [-0.4, -0.2) is 18.2 Å². The van der Waals surface area contributed by atoms with Gasteiger partial charge in [0.2, 0.25) is 0 Å². The van der Waals surface area contributed by atoms with Gasteiger partial charge in [0.05, 0.1) is 7.11 Å². The van der Waals surface area contributed by atoms with Gasteiger partial charge in [0.1, 0.15) is 17.1 Å². The van der Waals surface area contributed by atoms with Gasteiger partial charge < -0.3 is 9.84 Å². The van der Waals surface area contributed by atoms with E-state index in [2.05, 4.69) is 0 Å². The minimum Gasteiger partial charge on any atom is -0.496 e. The average molecular weight is 184 g/mol. The first-order valence-corrected chi connectivity index (χ1v) is 3.63. The fourth-order valence-corrected chi connectivity index (χ4v) is 0.991. The zero-order valence-electron chi connectivity index (χ0n) is 7.30. The number of aryl methyl sites for hydroxylation is 1. The smallest absolute Gasteiger partial charge is 0.339 e. The Morgan fingerprint density at radius 2 is 2.15 bits per heavy atom. The molecule has 4 heteroatoms. The number of hydrogen-bond donors (Lipinski definition) is 1. The minimum absolute atomic E-state index is 0.161. The average Bonchev–Trinajstić information content (AvgIpc) is 2.08. The Morgan fingerprint density at radius 3 is 2.62 bits per heavy atom. The van der Waals surface area contributed by atoms with Crippen molar-refractivity contribution < 1.29 is 19.0 Å². The molecule has 70 valence electrons. The third kappa shape index (κ3) is 1.77. The highest BCUT2D eigenvalue weighted by Crippen LogP contribution is 2.22. The molecule has 0 spiro atoms. The second kappa shape index (κ2) is 3.43. The summed E-state index contributed by atoms with van der Waals surface area (Å²) >= 11 is 0. The molecule has 3 nitrogen and oxygen atoms in total. The van der Waals surface area contributed by atoms with Crippen molar-refractivity contribution >= 4 is 5.97 Å². The summed E-state index contributed by atoms with van der Waals surface area (Å²) in [5.74, 6) is -1.57. The van der Waals surface area contributed by atoms with Crippen molar-refractivity contribution in [1.82, 2.24) is 0 Å². The molecular formula is C9H9FO3. The molecule has 0 fully saturated rings. The molecule has 1 aromatic rings. The Balaban J connectivity index is 3.33. The number of carbonyl (C=O) groups is 1. The maximum Gasteiger partial charge on any atom is 0.339 e. The van der Waals surface area contributed by atoms with Crippen LogP contribution in [0.25, 0.3) is 0 Å². The van der Waals surface area contributed by atoms with Crippen molar-refractivity contribution in [2.45, 2.75) is 6.92 Å². The van der Waals surface area contributed by atoms with Gasteiger partial charge in [-0.3, -0.25) is 0 Å². The lowest BCUT2D eigenvalue weighted by Crippen LogP contribution is -2.02. The summed E-state index contributed by atoms with van der Waals surface area (Å²) in [6.07, 6.45) is 0. The molecule has 0 bridgehead atoms. The van der Waals surface area contributed by atoms with E-state index in [1.54, 1.807) is 6.92 Å². The number of benzene rings is 1. The number of halogens is 1. The van der Waals surface area contributed by atoms with Gasteiger partial charge in [-0.15, -0.1) is 0 Å². The van der Waals surface area contributed by atoms with Crippen LogP contribution in [0, 0.1) is 12.7 Å². The second-order valence-corrected chi connectivity index (χ2v) is 2.61. The molecule has 13 heavy (non-hydrogen) atoms. The molecule has 0 radical (unpaired) electrons. The summed E-state index contributed by atoms with van der Waals surface area (Å²) in [6, 6.07) is 2.31. The third-order valence-corrected chi connectivity index (χ3v) is 1.71. The highest BCUT2D eigenvalue weighted by Gasteiger charge is 2.13. The van der Waals surface area contributed by atoms with Crippen molar-refractivity contribution in [3.8, 4) is 5.75 Å². The van der Waals surface area contributed by atoms with Gasteiger partial charge in [-0.05, 0) is 24.6 Å². The summed E-state index contributed by atoms with van der Waals surface area (Å²) in [6.45, 7) is 1.55. The van der Waals surface area contributed by atoms with Gasteiger partial charge in [-0.2, -0.15) is 0 Å². The maximum atomic E-state index is 12.9. The first kappa shape index (κ1) is 9.51. The molecule has 0 atom stereocenters. The highest BCUT2D eigenvalue weighted by atomic mass is 19.1. The Labute approximate surface area is 74.8 Å². The van der Waals surface area contributed by atoms with E-state index in [0.29, 0.717) is 5.56 Å². The van der Waals surface area contributed by atoms with Crippen LogP contribution in [0.3, 0.4) is 0 Å². The summed E-state index contributed by atoms with van der Waals surface area (Å²) in [5, 5.41) is 8.67. The van der Waals surface area contributed by atoms with Crippen LogP contribution >= 0.6 is 0 Å². The number of methoxy groups -OCH3 is 1. The van der Waals surface area contributed by atoms with Crippen molar-refractivity contribution in [2.24, 2.45) is 0 Å². The molecular weight excluding hydrogens is 175 g/mol. The van der Waals surface area contributed by atoms with E-state index in [-0.39, 0.29) is 11.3 Å². The summed E-state index contributed by atoms with van der Waals surface area (Å²) in [5.41, 5.74) is 0.201. The largest absolute Gasteiger partial charge is 0.496 e. The van der Waals surface area contributed by atoms with Gasteiger partial charge in [0, 0.05) is 0 Å². The van der Waals surface area contributed by atoms with Crippen LogP contribution < -0.4 is 4.74 Å². The predicted octanol–water partition coefficient (Wildman–Crippen LogP) is 1.84. The first-order chi connectivity index (χ1) is 6.06. The van der Waals surface area contributed by atoms with E-state index in [1.807, 2.05) is 0 Å². The zero-order valence-corrected chi connectivity index (χ0v) is 7.30. The van der Waals surface area contributed by atoms with E-state index in [9.17, 15) is 9.18 Å². The van der Waals surface area contributed by atoms with E-state index in [4.69, 9.17) is 9.84 Å². The molecule has 1 rings (SSSR count). The molecule has 0 saturated heterocycles. The third-order valence-electron chi connectivity index (χ3n) is 1.71. The Hall–Kier alpha value is -1.58. The molecule has 0 saturated carbocycles. The zero-order chi connectivity index (χ0) is 10.0.